The summed E-state index contributed by atoms with van der Waals surface area (Å²) in [5.41, 5.74) is 3.59. The predicted octanol–water partition coefficient (Wildman–Crippen LogP) is 9.55. The number of unbranched alkanes of at least 4 members (excludes halogenated alkanes) is 3. The Morgan fingerprint density at radius 3 is 2.29 bits per heavy atom. The summed E-state index contributed by atoms with van der Waals surface area (Å²) in [6.07, 6.45) is 13.0. The van der Waals surface area contributed by atoms with Gasteiger partial charge in [0.15, 0.2) is 11.3 Å². The van der Waals surface area contributed by atoms with Gasteiger partial charge in [-0.25, -0.2) is 0 Å². The normalized spacial score (nSPS) is 14.5. The van der Waals surface area contributed by atoms with Gasteiger partial charge in [-0.3, -0.25) is 0 Å². The van der Waals surface area contributed by atoms with Crippen molar-refractivity contribution in [2.75, 3.05) is 0 Å². The van der Waals surface area contributed by atoms with Gasteiger partial charge in [-0.1, -0.05) is 62.6 Å². The van der Waals surface area contributed by atoms with E-state index in [-0.39, 0.29) is 16.9 Å². The minimum absolute atomic E-state index is 0.0542. The Hall–Kier alpha value is -4.83. The average molecular weight is 569 g/mol. The molecule has 0 atom stereocenters. The van der Waals surface area contributed by atoms with Crippen molar-refractivity contribution in [2.24, 2.45) is 0 Å². The van der Waals surface area contributed by atoms with Gasteiger partial charge in [0, 0.05) is 43.7 Å². The summed E-state index contributed by atoms with van der Waals surface area (Å²) in [6.45, 7) is 6.94. The second-order valence-electron chi connectivity index (χ2n) is 10.9. The van der Waals surface area contributed by atoms with Gasteiger partial charge in [0.2, 0.25) is 0 Å². The molecule has 42 heavy (non-hydrogen) atoms. The number of para-hydroxylation sites is 1. The summed E-state index contributed by atoms with van der Waals surface area (Å²) < 4.78 is 8.32. The van der Waals surface area contributed by atoms with Crippen LogP contribution in [-0.2, 0) is 11.3 Å². The fourth-order valence-corrected chi connectivity index (χ4v) is 6.30. The summed E-state index contributed by atoms with van der Waals surface area (Å²) in [5, 5.41) is 30.9. The van der Waals surface area contributed by atoms with Gasteiger partial charge in [-0.15, -0.1) is 11.3 Å². The fourth-order valence-electron chi connectivity index (χ4n) is 5.49. The molecule has 0 aliphatic carbocycles. The zero-order valence-corrected chi connectivity index (χ0v) is 25.0. The molecule has 1 aliphatic rings. The van der Waals surface area contributed by atoms with Crippen LogP contribution in [0.3, 0.4) is 0 Å². The van der Waals surface area contributed by atoms with Gasteiger partial charge in [0.05, 0.1) is 0 Å². The molecule has 208 valence electrons. The molecule has 0 bridgehead atoms. The highest BCUT2D eigenvalue weighted by Crippen LogP contribution is 2.40. The highest BCUT2D eigenvalue weighted by Gasteiger charge is 2.38. The average Bonchev–Trinajstić information content (AvgIpc) is 3.65. The first kappa shape index (κ1) is 28.7. The SMILES string of the molecule is CCCCCCn1c2ccccc2c2cc(/C=C/c3ccc(/C=C/C4=C(C#N)C(=C(C#N)C#N)OC4(C)C)s3)ccc21. The highest BCUT2D eigenvalue weighted by atomic mass is 32.1. The largest absolute Gasteiger partial charge is 0.480 e. The first-order valence-corrected chi connectivity index (χ1v) is 15.1. The van der Waals surface area contributed by atoms with E-state index in [2.05, 4.69) is 78.2 Å². The van der Waals surface area contributed by atoms with Crippen molar-refractivity contribution < 1.29 is 4.74 Å². The van der Waals surface area contributed by atoms with Crippen LogP contribution in [0.25, 0.3) is 40.0 Å². The monoisotopic (exact) mass is 568 g/mol. The van der Waals surface area contributed by atoms with Crippen LogP contribution in [0.4, 0.5) is 0 Å². The van der Waals surface area contributed by atoms with Crippen LogP contribution < -0.4 is 0 Å². The number of benzene rings is 2. The van der Waals surface area contributed by atoms with E-state index in [0.717, 1.165) is 21.9 Å². The molecular weight excluding hydrogens is 536 g/mol. The van der Waals surface area contributed by atoms with E-state index >= 15 is 0 Å². The van der Waals surface area contributed by atoms with Gasteiger partial charge in [0.1, 0.15) is 29.4 Å². The number of nitrogens with zero attached hydrogens (tertiary/aromatic N) is 4. The molecule has 3 heterocycles. The van der Waals surface area contributed by atoms with Gasteiger partial charge in [-0.2, -0.15) is 15.8 Å². The lowest BCUT2D eigenvalue weighted by Crippen LogP contribution is -2.20. The molecule has 0 fully saturated rings. The summed E-state index contributed by atoms with van der Waals surface area (Å²) in [6, 6.07) is 25.3. The standard InChI is InChI=1S/C36H32N4OS/c1-4-5-6-9-20-40-33-11-8-7-10-29(33)30-21-25(13-19-34(30)40)12-14-27-15-16-28(42-27)17-18-32-31(24-39)35(26(22-37)23-38)41-36(32,2)3/h7-8,10-19,21H,4-6,9,20H2,1-3H3/b14-12+,18-17+. The van der Waals surface area contributed by atoms with Gasteiger partial charge in [-0.05, 0) is 68.3 Å². The molecule has 0 saturated heterocycles. The minimum atomic E-state index is -0.826. The molecule has 5 nitrogen and oxygen atoms in total. The van der Waals surface area contributed by atoms with Crippen molar-refractivity contribution in [1.29, 1.82) is 15.8 Å². The van der Waals surface area contributed by atoms with Crippen molar-refractivity contribution in [3.8, 4) is 18.2 Å². The first-order valence-electron chi connectivity index (χ1n) is 14.3. The zero-order chi connectivity index (χ0) is 29.7. The van der Waals surface area contributed by atoms with E-state index in [1.165, 1.54) is 47.5 Å². The minimum Gasteiger partial charge on any atom is -0.480 e. The number of aromatic nitrogens is 1. The van der Waals surface area contributed by atoms with Crippen LogP contribution in [0.5, 0.6) is 0 Å². The van der Waals surface area contributed by atoms with Gasteiger partial charge >= 0.3 is 0 Å². The number of thiophene rings is 1. The maximum Gasteiger partial charge on any atom is 0.172 e. The third kappa shape index (κ3) is 5.66. The summed E-state index contributed by atoms with van der Waals surface area (Å²) >= 11 is 1.64. The number of ether oxygens (including phenoxy) is 1. The zero-order valence-electron chi connectivity index (χ0n) is 24.1. The maximum absolute atomic E-state index is 9.76. The van der Waals surface area contributed by atoms with E-state index in [1.54, 1.807) is 11.3 Å². The van der Waals surface area contributed by atoms with Crippen LogP contribution >= 0.6 is 11.3 Å². The number of aryl methyl sites for hydroxylation is 1. The molecule has 0 amide bonds. The van der Waals surface area contributed by atoms with E-state index in [1.807, 2.05) is 44.2 Å². The second kappa shape index (κ2) is 12.4. The Morgan fingerprint density at radius 2 is 1.57 bits per heavy atom. The lowest BCUT2D eigenvalue weighted by atomic mass is 9.94. The topological polar surface area (TPSA) is 85.5 Å². The lowest BCUT2D eigenvalue weighted by molar-refractivity contribution is 0.0954. The first-order chi connectivity index (χ1) is 20.4. The Morgan fingerprint density at radius 1 is 0.857 bits per heavy atom. The molecule has 0 radical (unpaired) electrons. The summed E-state index contributed by atoms with van der Waals surface area (Å²) in [7, 11) is 0. The van der Waals surface area contributed by atoms with Crippen LogP contribution in [0, 0.1) is 34.0 Å². The molecule has 4 aromatic rings. The van der Waals surface area contributed by atoms with Crippen LogP contribution in [0.15, 0.2) is 83.2 Å². The molecule has 0 N–H and O–H groups in total. The van der Waals surface area contributed by atoms with Crippen LogP contribution in [-0.4, -0.2) is 10.2 Å². The lowest BCUT2D eigenvalue weighted by Gasteiger charge is -2.20. The Kier molecular flexibility index (Phi) is 8.44. The number of allylic oxidation sites excluding steroid dienone is 2. The molecule has 0 saturated carbocycles. The molecule has 0 spiro atoms. The Labute approximate surface area is 251 Å². The smallest absolute Gasteiger partial charge is 0.172 e. The van der Waals surface area contributed by atoms with Gasteiger partial charge in [0.25, 0.3) is 0 Å². The quantitative estimate of drug-likeness (QED) is 0.149. The van der Waals surface area contributed by atoms with Gasteiger partial charge < -0.3 is 9.30 Å². The Bertz CT molecular complexity index is 1890. The summed E-state index contributed by atoms with van der Waals surface area (Å²) in [4.78, 5) is 2.14. The van der Waals surface area contributed by atoms with E-state index in [4.69, 9.17) is 4.74 Å². The highest BCUT2D eigenvalue weighted by molar-refractivity contribution is 7.13. The molecule has 0 unspecified atom stereocenters. The number of nitriles is 3. The second-order valence-corrected chi connectivity index (χ2v) is 12.0. The van der Waals surface area contributed by atoms with Crippen molar-refractivity contribution in [1.82, 2.24) is 4.57 Å². The molecule has 5 rings (SSSR count). The number of fused-ring (bicyclic) bond motifs is 3. The van der Waals surface area contributed by atoms with E-state index in [0.29, 0.717) is 5.57 Å². The fraction of sp³-hybridized carbons (Fsp3) is 0.250. The third-order valence-corrected chi connectivity index (χ3v) is 8.61. The number of hydrogen-bond acceptors (Lipinski definition) is 5. The molecule has 1 aliphatic heterocycles. The molecule has 2 aromatic carbocycles. The number of rotatable bonds is 9. The van der Waals surface area contributed by atoms with Crippen LogP contribution in [0.2, 0.25) is 0 Å². The van der Waals surface area contributed by atoms with Crippen molar-refractivity contribution in [3.05, 3.63) is 98.5 Å². The summed E-state index contributed by atoms with van der Waals surface area (Å²) in [5.74, 6) is 0.0542. The van der Waals surface area contributed by atoms with Crippen molar-refractivity contribution in [2.45, 2.75) is 58.6 Å². The van der Waals surface area contributed by atoms with Crippen molar-refractivity contribution >= 4 is 51.4 Å². The predicted molar refractivity (Wildman–Crippen MR) is 172 cm³/mol. The molecule has 6 heteroatoms. The number of hydrogen-bond donors (Lipinski definition) is 0. The van der Waals surface area contributed by atoms with E-state index < -0.39 is 5.60 Å². The molecular formula is C36H32N4OS. The van der Waals surface area contributed by atoms with Crippen LogP contribution in [0.1, 0.15) is 61.8 Å². The molecule has 2 aromatic heterocycles. The van der Waals surface area contributed by atoms with Crippen molar-refractivity contribution in [3.63, 3.8) is 0 Å². The Balaban J connectivity index is 1.38. The maximum atomic E-state index is 9.76. The third-order valence-electron chi connectivity index (χ3n) is 7.60. The van der Waals surface area contributed by atoms with E-state index in [9.17, 15) is 15.8 Å².